The van der Waals surface area contributed by atoms with Crippen LogP contribution < -0.4 is 15.2 Å². The average Bonchev–Trinajstić information content (AvgIpc) is 2.53. The molecule has 2 aromatic rings. The largest absolute Gasteiger partial charge is 0.497 e. The second-order valence-corrected chi connectivity index (χ2v) is 4.57. The van der Waals surface area contributed by atoms with E-state index in [1.165, 1.54) is 0 Å². The van der Waals surface area contributed by atoms with Crippen molar-refractivity contribution >= 4 is 5.84 Å². The number of amidine groups is 1. The lowest BCUT2D eigenvalue weighted by atomic mass is 10.1. The lowest BCUT2D eigenvalue weighted by molar-refractivity contribution is 0.301. The lowest BCUT2D eigenvalue weighted by Gasteiger charge is -2.13. The Morgan fingerprint density at radius 1 is 1.19 bits per heavy atom. The Balaban J connectivity index is 2.19. The molecule has 0 saturated heterocycles. The van der Waals surface area contributed by atoms with Gasteiger partial charge >= 0.3 is 0 Å². The van der Waals surface area contributed by atoms with Crippen molar-refractivity contribution in [2.24, 2.45) is 10.9 Å². The quantitative estimate of drug-likeness (QED) is 0.383. The highest BCUT2D eigenvalue weighted by molar-refractivity contribution is 5.99. The van der Waals surface area contributed by atoms with Crippen LogP contribution in [-0.2, 0) is 6.61 Å². The van der Waals surface area contributed by atoms with Crippen LogP contribution >= 0.6 is 0 Å². The fourth-order valence-electron chi connectivity index (χ4n) is 1.98. The Bertz CT molecular complexity index is 636. The van der Waals surface area contributed by atoms with Gasteiger partial charge in [0.15, 0.2) is 5.84 Å². The Morgan fingerprint density at radius 3 is 2.52 bits per heavy atom. The molecule has 21 heavy (non-hydrogen) atoms. The van der Waals surface area contributed by atoms with Crippen molar-refractivity contribution in [3.05, 3.63) is 59.2 Å². The fourth-order valence-corrected chi connectivity index (χ4v) is 1.98. The molecule has 0 unspecified atom stereocenters. The number of ether oxygens (including phenoxy) is 2. The Morgan fingerprint density at radius 2 is 1.90 bits per heavy atom. The van der Waals surface area contributed by atoms with Gasteiger partial charge in [-0.25, -0.2) is 0 Å². The van der Waals surface area contributed by atoms with Crippen molar-refractivity contribution in [1.29, 1.82) is 0 Å². The Kier molecular flexibility index (Phi) is 4.66. The zero-order chi connectivity index (χ0) is 15.2. The molecule has 0 fully saturated rings. The van der Waals surface area contributed by atoms with Crippen LogP contribution in [0.3, 0.4) is 0 Å². The standard InChI is InChI=1S/C16H18N2O3/c1-11-4-3-5-14(16(17)18-19)15(11)21-10-12-6-8-13(20-2)9-7-12/h3-9,19H,10H2,1-2H3,(H2,17,18). The molecule has 2 aromatic carbocycles. The number of nitrogens with zero attached hydrogens (tertiary/aromatic N) is 1. The molecule has 0 bridgehead atoms. The summed E-state index contributed by atoms with van der Waals surface area (Å²) in [6.45, 7) is 2.30. The van der Waals surface area contributed by atoms with E-state index < -0.39 is 0 Å². The third-order valence-corrected chi connectivity index (χ3v) is 3.14. The lowest BCUT2D eigenvalue weighted by Crippen LogP contribution is -2.15. The molecule has 3 N–H and O–H groups in total. The molecule has 0 atom stereocenters. The first-order chi connectivity index (χ1) is 10.2. The second kappa shape index (κ2) is 6.65. The summed E-state index contributed by atoms with van der Waals surface area (Å²) in [4.78, 5) is 0. The highest BCUT2D eigenvalue weighted by atomic mass is 16.5. The molecule has 5 heteroatoms. The number of methoxy groups -OCH3 is 1. The predicted octanol–water partition coefficient (Wildman–Crippen LogP) is 2.68. The first kappa shape index (κ1) is 14.7. The molecule has 2 rings (SSSR count). The zero-order valence-electron chi connectivity index (χ0n) is 12.0. The maximum Gasteiger partial charge on any atom is 0.173 e. The summed E-state index contributed by atoms with van der Waals surface area (Å²) in [5, 5.41) is 11.9. The van der Waals surface area contributed by atoms with E-state index in [1.54, 1.807) is 13.2 Å². The van der Waals surface area contributed by atoms with Crippen LogP contribution in [0.1, 0.15) is 16.7 Å². The van der Waals surface area contributed by atoms with E-state index in [0.717, 1.165) is 16.9 Å². The molecule has 0 spiro atoms. The minimum Gasteiger partial charge on any atom is -0.497 e. The monoisotopic (exact) mass is 286 g/mol. The summed E-state index contributed by atoms with van der Waals surface area (Å²) in [6.07, 6.45) is 0. The van der Waals surface area contributed by atoms with Crippen LogP contribution in [0.2, 0.25) is 0 Å². The van der Waals surface area contributed by atoms with E-state index in [2.05, 4.69) is 5.16 Å². The molecule has 0 heterocycles. The summed E-state index contributed by atoms with van der Waals surface area (Å²) in [5.41, 5.74) is 8.18. The SMILES string of the molecule is COc1ccc(COc2c(C)cccc2/C(N)=N/O)cc1. The van der Waals surface area contributed by atoms with Gasteiger partial charge in [0.2, 0.25) is 0 Å². The maximum absolute atomic E-state index is 8.84. The highest BCUT2D eigenvalue weighted by Crippen LogP contribution is 2.24. The first-order valence-electron chi connectivity index (χ1n) is 6.49. The second-order valence-electron chi connectivity index (χ2n) is 4.57. The van der Waals surface area contributed by atoms with Crippen molar-refractivity contribution in [2.75, 3.05) is 7.11 Å². The first-order valence-corrected chi connectivity index (χ1v) is 6.49. The number of rotatable bonds is 5. The number of oxime groups is 1. The van der Waals surface area contributed by atoms with Gasteiger partial charge in [0.1, 0.15) is 18.1 Å². The van der Waals surface area contributed by atoms with Gasteiger partial charge in [0, 0.05) is 0 Å². The zero-order valence-corrected chi connectivity index (χ0v) is 12.0. The number of aryl methyl sites for hydroxylation is 1. The molecular weight excluding hydrogens is 268 g/mol. The van der Waals surface area contributed by atoms with Crippen molar-refractivity contribution in [1.82, 2.24) is 0 Å². The molecule has 0 radical (unpaired) electrons. The average molecular weight is 286 g/mol. The van der Waals surface area contributed by atoms with Gasteiger partial charge < -0.3 is 20.4 Å². The molecule has 0 saturated carbocycles. The van der Waals surface area contributed by atoms with Crippen LogP contribution in [-0.4, -0.2) is 18.2 Å². The number of para-hydroxylation sites is 1. The highest BCUT2D eigenvalue weighted by Gasteiger charge is 2.11. The third kappa shape index (κ3) is 3.45. The van der Waals surface area contributed by atoms with Gasteiger partial charge in [-0.1, -0.05) is 29.4 Å². The fraction of sp³-hybridized carbons (Fsp3) is 0.188. The molecule has 5 nitrogen and oxygen atoms in total. The van der Waals surface area contributed by atoms with Crippen molar-refractivity contribution in [3.63, 3.8) is 0 Å². The number of hydrogen-bond donors (Lipinski definition) is 2. The summed E-state index contributed by atoms with van der Waals surface area (Å²) in [7, 11) is 1.63. The van der Waals surface area contributed by atoms with Crippen molar-refractivity contribution in [2.45, 2.75) is 13.5 Å². The number of nitrogens with two attached hydrogens (primary N) is 1. The minimum atomic E-state index is 0.0310. The smallest absolute Gasteiger partial charge is 0.173 e. The maximum atomic E-state index is 8.84. The minimum absolute atomic E-state index is 0.0310. The summed E-state index contributed by atoms with van der Waals surface area (Å²) in [6, 6.07) is 13.1. The molecule has 0 aliphatic rings. The molecule has 0 amide bonds. The summed E-state index contributed by atoms with van der Waals surface area (Å²) >= 11 is 0. The van der Waals surface area contributed by atoms with Crippen LogP contribution in [0, 0.1) is 6.92 Å². The third-order valence-electron chi connectivity index (χ3n) is 3.14. The van der Waals surface area contributed by atoms with Gasteiger partial charge in [0.25, 0.3) is 0 Å². The van der Waals surface area contributed by atoms with Crippen molar-refractivity contribution < 1.29 is 14.7 Å². The van der Waals surface area contributed by atoms with E-state index in [1.807, 2.05) is 43.3 Å². The van der Waals surface area contributed by atoms with E-state index in [4.69, 9.17) is 20.4 Å². The van der Waals surface area contributed by atoms with Crippen molar-refractivity contribution in [3.8, 4) is 11.5 Å². The van der Waals surface area contributed by atoms with Gasteiger partial charge in [-0.05, 0) is 36.2 Å². The molecule has 0 aliphatic heterocycles. The van der Waals surface area contributed by atoms with E-state index in [-0.39, 0.29) is 5.84 Å². The number of hydrogen-bond acceptors (Lipinski definition) is 4. The van der Waals surface area contributed by atoms with E-state index in [9.17, 15) is 0 Å². The summed E-state index contributed by atoms with van der Waals surface area (Å²) in [5.74, 6) is 1.44. The van der Waals surface area contributed by atoms with E-state index >= 15 is 0 Å². The summed E-state index contributed by atoms with van der Waals surface area (Å²) < 4.78 is 11.0. The predicted molar refractivity (Wildman–Crippen MR) is 81.0 cm³/mol. The van der Waals surface area contributed by atoms with Gasteiger partial charge in [-0.3, -0.25) is 0 Å². The molecular formula is C16H18N2O3. The van der Waals surface area contributed by atoms with Gasteiger partial charge in [-0.2, -0.15) is 0 Å². The normalized spacial score (nSPS) is 11.2. The van der Waals surface area contributed by atoms with E-state index in [0.29, 0.717) is 17.9 Å². The molecule has 0 aromatic heterocycles. The Labute approximate surface area is 123 Å². The van der Waals surface area contributed by atoms with Crippen LogP contribution in [0.5, 0.6) is 11.5 Å². The van der Waals surface area contributed by atoms with Crippen LogP contribution in [0.4, 0.5) is 0 Å². The molecule has 110 valence electrons. The Hall–Kier alpha value is -2.69. The van der Waals surface area contributed by atoms with Crippen LogP contribution in [0.25, 0.3) is 0 Å². The number of benzene rings is 2. The molecule has 0 aliphatic carbocycles. The topological polar surface area (TPSA) is 77.1 Å². The van der Waals surface area contributed by atoms with Crippen LogP contribution in [0.15, 0.2) is 47.6 Å². The van der Waals surface area contributed by atoms with Gasteiger partial charge in [-0.15, -0.1) is 0 Å². The van der Waals surface area contributed by atoms with Gasteiger partial charge in [0.05, 0.1) is 12.7 Å².